The average molecular weight is 201 g/mol. The normalized spacial score (nSPS) is 29.2. The van der Waals surface area contributed by atoms with Crippen LogP contribution in [0.4, 0.5) is 0 Å². The zero-order chi connectivity index (χ0) is 10.4. The maximum Gasteiger partial charge on any atom is 0.0354 e. The zero-order valence-corrected chi connectivity index (χ0v) is 9.59. The van der Waals surface area contributed by atoms with Crippen molar-refractivity contribution in [2.75, 3.05) is 0 Å². The molecule has 1 fully saturated rings. The van der Waals surface area contributed by atoms with E-state index >= 15 is 0 Å². The van der Waals surface area contributed by atoms with Crippen molar-refractivity contribution in [1.82, 2.24) is 5.32 Å². The van der Waals surface area contributed by atoms with Gasteiger partial charge in [-0.15, -0.1) is 0 Å². The molecule has 15 heavy (non-hydrogen) atoms. The molecule has 1 nitrogen and oxygen atoms in total. The van der Waals surface area contributed by atoms with Gasteiger partial charge in [-0.05, 0) is 48.8 Å². The molecule has 0 saturated heterocycles. The van der Waals surface area contributed by atoms with E-state index in [1.807, 2.05) is 0 Å². The van der Waals surface area contributed by atoms with Gasteiger partial charge in [0.1, 0.15) is 0 Å². The molecule has 0 aromatic heterocycles. The molecule has 1 aromatic carbocycles. The second-order valence-corrected chi connectivity index (χ2v) is 5.24. The third-order valence-electron chi connectivity index (χ3n) is 3.87. The van der Waals surface area contributed by atoms with Crippen LogP contribution in [0.2, 0.25) is 0 Å². The topological polar surface area (TPSA) is 12.0 Å². The van der Waals surface area contributed by atoms with Gasteiger partial charge in [-0.25, -0.2) is 0 Å². The van der Waals surface area contributed by atoms with Crippen LogP contribution in [0.25, 0.3) is 0 Å². The van der Waals surface area contributed by atoms with E-state index in [1.54, 1.807) is 11.1 Å². The van der Waals surface area contributed by atoms with Crippen molar-refractivity contribution < 1.29 is 0 Å². The van der Waals surface area contributed by atoms with Gasteiger partial charge in [-0.1, -0.05) is 25.1 Å². The number of aryl methyl sites for hydroxylation is 1. The fourth-order valence-electron chi connectivity index (χ4n) is 2.80. The molecule has 2 atom stereocenters. The Morgan fingerprint density at radius 2 is 2.07 bits per heavy atom. The van der Waals surface area contributed by atoms with Crippen LogP contribution in [0, 0.1) is 12.8 Å². The Balaban J connectivity index is 1.93. The van der Waals surface area contributed by atoms with Crippen LogP contribution in [0.3, 0.4) is 0 Å². The highest BCUT2D eigenvalue weighted by molar-refractivity contribution is 5.41. The smallest absolute Gasteiger partial charge is 0.0354 e. The Hall–Kier alpha value is -0.820. The number of hydrogen-bond acceptors (Lipinski definition) is 1. The molecular formula is C14H19N. The molecule has 1 aromatic rings. The molecule has 0 heterocycles. The summed E-state index contributed by atoms with van der Waals surface area (Å²) in [5, 5.41) is 3.79. The molecule has 0 radical (unpaired) electrons. The van der Waals surface area contributed by atoms with Gasteiger partial charge in [0.15, 0.2) is 0 Å². The Bertz CT molecular complexity index is 379. The van der Waals surface area contributed by atoms with E-state index in [9.17, 15) is 0 Å². The van der Waals surface area contributed by atoms with Crippen LogP contribution >= 0.6 is 0 Å². The van der Waals surface area contributed by atoms with Gasteiger partial charge in [0.2, 0.25) is 0 Å². The quantitative estimate of drug-likeness (QED) is 0.775. The molecule has 3 rings (SSSR count). The van der Waals surface area contributed by atoms with Crippen molar-refractivity contribution in [3.05, 3.63) is 34.9 Å². The molecule has 1 N–H and O–H groups in total. The van der Waals surface area contributed by atoms with E-state index in [1.165, 1.54) is 24.8 Å². The summed E-state index contributed by atoms with van der Waals surface area (Å²) in [6.07, 6.45) is 4.02. The Morgan fingerprint density at radius 1 is 1.27 bits per heavy atom. The Labute approximate surface area is 91.9 Å². The molecule has 1 heteroatoms. The molecule has 2 unspecified atom stereocenters. The summed E-state index contributed by atoms with van der Waals surface area (Å²) in [5.74, 6) is 0.765. The number of hydrogen-bond donors (Lipinski definition) is 1. The molecule has 0 spiro atoms. The number of nitrogens with one attached hydrogen (secondary N) is 1. The van der Waals surface area contributed by atoms with Crippen LogP contribution in [0.1, 0.15) is 42.5 Å². The number of benzene rings is 1. The molecule has 1 saturated carbocycles. The molecule has 80 valence electrons. The predicted molar refractivity (Wildman–Crippen MR) is 62.9 cm³/mol. The highest BCUT2D eigenvalue weighted by atomic mass is 15.0. The van der Waals surface area contributed by atoms with Crippen molar-refractivity contribution >= 4 is 0 Å². The first-order valence-electron chi connectivity index (χ1n) is 6.10. The fourth-order valence-corrected chi connectivity index (χ4v) is 2.80. The maximum absolute atomic E-state index is 3.79. The third kappa shape index (κ3) is 1.59. The molecule has 0 aliphatic heterocycles. The van der Waals surface area contributed by atoms with Gasteiger partial charge in [0.05, 0.1) is 0 Å². The number of fused-ring (bicyclic) bond motifs is 1. The highest BCUT2D eigenvalue weighted by Gasteiger charge is 2.34. The first-order valence-corrected chi connectivity index (χ1v) is 6.10. The Morgan fingerprint density at radius 3 is 2.80 bits per heavy atom. The van der Waals surface area contributed by atoms with Crippen LogP contribution < -0.4 is 5.32 Å². The summed E-state index contributed by atoms with van der Waals surface area (Å²) in [6, 6.07) is 8.18. The predicted octanol–water partition coefficient (Wildman–Crippen LogP) is 2.98. The molecule has 2 aliphatic carbocycles. The van der Waals surface area contributed by atoms with Crippen LogP contribution in [-0.2, 0) is 6.42 Å². The monoisotopic (exact) mass is 201 g/mol. The van der Waals surface area contributed by atoms with Gasteiger partial charge in [-0.3, -0.25) is 0 Å². The fraction of sp³-hybridized carbons (Fsp3) is 0.571. The summed E-state index contributed by atoms with van der Waals surface area (Å²) < 4.78 is 0. The zero-order valence-electron chi connectivity index (χ0n) is 9.59. The van der Waals surface area contributed by atoms with E-state index in [0.717, 1.165) is 12.0 Å². The largest absolute Gasteiger partial charge is 0.307 e. The Kier molecular flexibility index (Phi) is 2.10. The average Bonchev–Trinajstić information content (AvgIpc) is 2.96. The van der Waals surface area contributed by atoms with Crippen molar-refractivity contribution in [3.63, 3.8) is 0 Å². The number of rotatable bonds is 2. The minimum Gasteiger partial charge on any atom is -0.307 e. The first-order chi connectivity index (χ1) is 7.25. The molecular weight excluding hydrogens is 182 g/mol. The third-order valence-corrected chi connectivity index (χ3v) is 3.87. The van der Waals surface area contributed by atoms with E-state index in [-0.39, 0.29) is 0 Å². The van der Waals surface area contributed by atoms with Crippen LogP contribution in [0.15, 0.2) is 18.2 Å². The lowest BCUT2D eigenvalue weighted by atomic mass is 10.0. The van der Waals surface area contributed by atoms with E-state index in [2.05, 4.69) is 37.4 Å². The van der Waals surface area contributed by atoms with Gasteiger partial charge in [0.25, 0.3) is 0 Å². The summed E-state index contributed by atoms with van der Waals surface area (Å²) in [7, 11) is 0. The van der Waals surface area contributed by atoms with Crippen molar-refractivity contribution in [2.24, 2.45) is 5.92 Å². The maximum atomic E-state index is 3.79. The van der Waals surface area contributed by atoms with Crippen LogP contribution in [0.5, 0.6) is 0 Å². The summed E-state index contributed by atoms with van der Waals surface area (Å²) in [4.78, 5) is 0. The lowest BCUT2D eigenvalue weighted by molar-refractivity contribution is 0.414. The summed E-state index contributed by atoms with van der Waals surface area (Å²) >= 11 is 0. The van der Waals surface area contributed by atoms with Gasteiger partial charge in [0, 0.05) is 12.1 Å². The molecule has 0 bridgehead atoms. The lowest BCUT2D eigenvalue weighted by Gasteiger charge is -2.18. The minimum atomic E-state index is 0.618. The second kappa shape index (κ2) is 3.34. The van der Waals surface area contributed by atoms with Gasteiger partial charge < -0.3 is 5.32 Å². The molecule has 2 aliphatic rings. The first kappa shape index (κ1) is 9.41. The minimum absolute atomic E-state index is 0.618. The van der Waals surface area contributed by atoms with Crippen molar-refractivity contribution in [2.45, 2.75) is 45.2 Å². The second-order valence-electron chi connectivity index (χ2n) is 5.24. The standard InChI is InChI=1S/C14H19N/c1-9-4-3-5-12-13(9)8-10(2)14(12)15-11-6-7-11/h3-5,10-11,14-15H,6-8H2,1-2H3. The van der Waals surface area contributed by atoms with Gasteiger partial charge in [-0.2, -0.15) is 0 Å². The van der Waals surface area contributed by atoms with Crippen molar-refractivity contribution in [1.29, 1.82) is 0 Å². The SMILES string of the molecule is Cc1cccc2c1CC(C)C2NC1CC1. The van der Waals surface area contributed by atoms with E-state index < -0.39 is 0 Å². The lowest BCUT2D eigenvalue weighted by Crippen LogP contribution is -2.25. The summed E-state index contributed by atoms with van der Waals surface area (Å²) in [5.41, 5.74) is 4.64. The highest BCUT2D eigenvalue weighted by Crippen LogP contribution is 2.39. The summed E-state index contributed by atoms with van der Waals surface area (Å²) in [6.45, 7) is 4.62. The van der Waals surface area contributed by atoms with Crippen LogP contribution in [-0.4, -0.2) is 6.04 Å². The van der Waals surface area contributed by atoms with E-state index in [4.69, 9.17) is 0 Å². The van der Waals surface area contributed by atoms with Crippen molar-refractivity contribution in [3.8, 4) is 0 Å². The molecule has 0 amide bonds. The van der Waals surface area contributed by atoms with Gasteiger partial charge >= 0.3 is 0 Å². The van der Waals surface area contributed by atoms with E-state index in [0.29, 0.717) is 6.04 Å².